The minimum atomic E-state index is -0.269. The number of alkyl halides is 1. The standard InChI is InChI=1S/C14H18FN3/c1-12(17-7-3-6-15)13-4-2-5-14(10-13)18-9-8-16-11-18/h2,4-5,8-12,17H,3,6-7H2,1H3/t12-/m1/s1. The molecule has 0 fully saturated rings. The molecule has 0 bridgehead atoms. The largest absolute Gasteiger partial charge is 0.310 e. The van der Waals surface area contributed by atoms with Crippen molar-refractivity contribution in [2.45, 2.75) is 19.4 Å². The first kappa shape index (κ1) is 12.8. The Kier molecular flexibility index (Phi) is 4.47. The molecule has 18 heavy (non-hydrogen) atoms. The molecule has 2 rings (SSSR count). The summed E-state index contributed by atoms with van der Waals surface area (Å²) in [4.78, 5) is 4.04. The van der Waals surface area contributed by atoms with Crippen LogP contribution in [0.5, 0.6) is 0 Å². The molecule has 0 saturated heterocycles. The SMILES string of the molecule is C[C@@H](NCCCF)c1cccc(-n2ccnc2)c1. The van der Waals surface area contributed by atoms with E-state index in [1.54, 1.807) is 12.5 Å². The van der Waals surface area contributed by atoms with Gasteiger partial charge in [-0.05, 0) is 37.6 Å². The number of nitrogens with zero attached hydrogens (tertiary/aromatic N) is 2. The van der Waals surface area contributed by atoms with E-state index in [0.29, 0.717) is 13.0 Å². The summed E-state index contributed by atoms with van der Waals surface area (Å²) in [7, 11) is 0. The van der Waals surface area contributed by atoms with Crippen LogP contribution in [0.2, 0.25) is 0 Å². The predicted octanol–water partition coefficient (Wildman–Crippen LogP) is 2.88. The Balaban J connectivity index is 2.07. The van der Waals surface area contributed by atoms with Gasteiger partial charge in [0.15, 0.2) is 0 Å². The Morgan fingerprint density at radius 1 is 1.44 bits per heavy atom. The lowest BCUT2D eigenvalue weighted by Gasteiger charge is -2.15. The van der Waals surface area contributed by atoms with Crippen LogP contribution in [0.25, 0.3) is 5.69 Å². The quantitative estimate of drug-likeness (QED) is 0.795. The summed E-state index contributed by atoms with van der Waals surface area (Å²) in [5, 5.41) is 3.31. The van der Waals surface area contributed by atoms with Crippen molar-refractivity contribution in [1.29, 1.82) is 0 Å². The fraction of sp³-hybridized carbons (Fsp3) is 0.357. The zero-order valence-electron chi connectivity index (χ0n) is 10.5. The van der Waals surface area contributed by atoms with E-state index in [4.69, 9.17) is 0 Å². The van der Waals surface area contributed by atoms with Crippen LogP contribution in [0.4, 0.5) is 4.39 Å². The lowest BCUT2D eigenvalue weighted by molar-refractivity contribution is 0.446. The zero-order chi connectivity index (χ0) is 12.8. The van der Waals surface area contributed by atoms with Gasteiger partial charge < -0.3 is 9.88 Å². The first-order chi connectivity index (χ1) is 8.81. The van der Waals surface area contributed by atoms with Gasteiger partial charge in [0, 0.05) is 24.1 Å². The van der Waals surface area contributed by atoms with Crippen molar-refractivity contribution < 1.29 is 4.39 Å². The summed E-state index contributed by atoms with van der Waals surface area (Å²) in [5.74, 6) is 0. The summed E-state index contributed by atoms with van der Waals surface area (Å²) in [6.07, 6.45) is 6.02. The van der Waals surface area contributed by atoms with Gasteiger partial charge in [-0.25, -0.2) is 4.98 Å². The number of imidazole rings is 1. The van der Waals surface area contributed by atoms with Gasteiger partial charge in [-0.1, -0.05) is 12.1 Å². The van der Waals surface area contributed by atoms with Crippen molar-refractivity contribution >= 4 is 0 Å². The number of nitrogens with one attached hydrogen (secondary N) is 1. The number of hydrogen-bond acceptors (Lipinski definition) is 2. The second-order valence-electron chi connectivity index (χ2n) is 4.28. The molecular formula is C14H18FN3. The molecule has 1 N–H and O–H groups in total. The lowest BCUT2D eigenvalue weighted by Crippen LogP contribution is -2.20. The summed E-state index contributed by atoms with van der Waals surface area (Å²) in [6, 6.07) is 8.49. The maximum atomic E-state index is 12.0. The summed E-state index contributed by atoms with van der Waals surface area (Å²) < 4.78 is 14.0. The maximum Gasteiger partial charge on any atom is 0.0991 e. The van der Waals surface area contributed by atoms with E-state index in [0.717, 1.165) is 5.69 Å². The van der Waals surface area contributed by atoms with Crippen LogP contribution < -0.4 is 5.32 Å². The molecule has 1 atom stereocenters. The van der Waals surface area contributed by atoms with Gasteiger partial charge in [0.2, 0.25) is 0 Å². The van der Waals surface area contributed by atoms with Gasteiger partial charge in [0.25, 0.3) is 0 Å². The normalized spacial score (nSPS) is 12.6. The van der Waals surface area contributed by atoms with E-state index in [9.17, 15) is 4.39 Å². The predicted molar refractivity (Wildman–Crippen MR) is 70.6 cm³/mol. The monoisotopic (exact) mass is 247 g/mol. The minimum Gasteiger partial charge on any atom is -0.310 e. The Bertz CT molecular complexity index is 468. The summed E-state index contributed by atoms with van der Waals surface area (Å²) >= 11 is 0. The second-order valence-corrected chi connectivity index (χ2v) is 4.28. The highest BCUT2D eigenvalue weighted by Gasteiger charge is 2.05. The summed E-state index contributed by atoms with van der Waals surface area (Å²) in [6.45, 7) is 2.52. The molecule has 0 radical (unpaired) electrons. The smallest absolute Gasteiger partial charge is 0.0991 e. The fourth-order valence-corrected chi connectivity index (χ4v) is 1.87. The maximum absolute atomic E-state index is 12.0. The van der Waals surface area contributed by atoms with Crippen LogP contribution in [0.3, 0.4) is 0 Å². The van der Waals surface area contributed by atoms with Crippen LogP contribution in [0.1, 0.15) is 24.9 Å². The van der Waals surface area contributed by atoms with Crippen molar-refractivity contribution in [1.82, 2.24) is 14.9 Å². The van der Waals surface area contributed by atoms with E-state index in [1.807, 2.05) is 22.9 Å². The van der Waals surface area contributed by atoms with Crippen LogP contribution >= 0.6 is 0 Å². The molecule has 96 valence electrons. The van der Waals surface area contributed by atoms with Crippen LogP contribution in [-0.2, 0) is 0 Å². The van der Waals surface area contributed by atoms with E-state index < -0.39 is 0 Å². The Morgan fingerprint density at radius 3 is 3.06 bits per heavy atom. The molecule has 0 amide bonds. The van der Waals surface area contributed by atoms with Crippen molar-refractivity contribution in [3.05, 3.63) is 48.5 Å². The molecule has 2 aromatic rings. The third-order valence-electron chi connectivity index (χ3n) is 2.93. The number of benzene rings is 1. The molecule has 1 aromatic carbocycles. The number of aromatic nitrogens is 2. The van der Waals surface area contributed by atoms with E-state index in [2.05, 4.69) is 29.4 Å². The molecule has 4 heteroatoms. The molecule has 0 aliphatic carbocycles. The van der Waals surface area contributed by atoms with E-state index in [1.165, 1.54) is 5.56 Å². The van der Waals surface area contributed by atoms with Gasteiger partial charge in [-0.3, -0.25) is 4.39 Å². The van der Waals surface area contributed by atoms with E-state index >= 15 is 0 Å². The van der Waals surface area contributed by atoms with Crippen molar-refractivity contribution in [2.24, 2.45) is 0 Å². The Labute approximate surface area is 107 Å². The average molecular weight is 247 g/mol. The molecule has 0 unspecified atom stereocenters. The first-order valence-electron chi connectivity index (χ1n) is 6.19. The van der Waals surface area contributed by atoms with Gasteiger partial charge in [-0.15, -0.1) is 0 Å². The number of halogens is 1. The molecular weight excluding hydrogens is 229 g/mol. The molecule has 3 nitrogen and oxygen atoms in total. The fourth-order valence-electron chi connectivity index (χ4n) is 1.87. The summed E-state index contributed by atoms with van der Waals surface area (Å²) in [5.41, 5.74) is 2.28. The van der Waals surface area contributed by atoms with Gasteiger partial charge in [0.1, 0.15) is 0 Å². The number of rotatable bonds is 6. The minimum absolute atomic E-state index is 0.222. The molecule has 0 spiro atoms. The van der Waals surface area contributed by atoms with Gasteiger partial charge in [0.05, 0.1) is 13.0 Å². The molecule has 0 saturated carbocycles. The third kappa shape index (κ3) is 3.17. The highest BCUT2D eigenvalue weighted by Crippen LogP contribution is 2.16. The third-order valence-corrected chi connectivity index (χ3v) is 2.93. The van der Waals surface area contributed by atoms with E-state index in [-0.39, 0.29) is 12.7 Å². The topological polar surface area (TPSA) is 29.9 Å². The first-order valence-corrected chi connectivity index (χ1v) is 6.19. The molecule has 1 aromatic heterocycles. The Hall–Kier alpha value is -1.68. The second kappa shape index (κ2) is 6.31. The van der Waals surface area contributed by atoms with Crippen molar-refractivity contribution in [3.63, 3.8) is 0 Å². The van der Waals surface area contributed by atoms with Crippen LogP contribution in [0.15, 0.2) is 43.0 Å². The molecule has 0 aliphatic heterocycles. The Morgan fingerprint density at radius 2 is 2.33 bits per heavy atom. The van der Waals surface area contributed by atoms with Crippen LogP contribution in [0, 0.1) is 0 Å². The molecule has 0 aliphatic rings. The number of hydrogen-bond donors (Lipinski definition) is 1. The highest BCUT2D eigenvalue weighted by molar-refractivity contribution is 5.36. The highest BCUT2D eigenvalue weighted by atomic mass is 19.1. The molecule has 1 heterocycles. The average Bonchev–Trinajstić information content (AvgIpc) is 2.93. The van der Waals surface area contributed by atoms with Crippen molar-refractivity contribution in [2.75, 3.05) is 13.2 Å². The van der Waals surface area contributed by atoms with Gasteiger partial charge in [-0.2, -0.15) is 0 Å². The van der Waals surface area contributed by atoms with Crippen LogP contribution in [-0.4, -0.2) is 22.8 Å². The zero-order valence-corrected chi connectivity index (χ0v) is 10.5. The lowest BCUT2D eigenvalue weighted by atomic mass is 10.1. The van der Waals surface area contributed by atoms with Gasteiger partial charge >= 0.3 is 0 Å². The van der Waals surface area contributed by atoms with Crippen molar-refractivity contribution in [3.8, 4) is 5.69 Å².